The molecule has 0 atom stereocenters. The van der Waals surface area contributed by atoms with Crippen LogP contribution < -0.4 is 5.32 Å². The number of oxazole rings is 1. The summed E-state index contributed by atoms with van der Waals surface area (Å²) in [6, 6.07) is 5.66. The van der Waals surface area contributed by atoms with Gasteiger partial charge in [0.25, 0.3) is 0 Å². The lowest BCUT2D eigenvalue weighted by Gasteiger charge is -2.04. The summed E-state index contributed by atoms with van der Waals surface area (Å²) in [6.45, 7) is 3.61. The van der Waals surface area contributed by atoms with Crippen LogP contribution in [0.5, 0.6) is 0 Å². The third-order valence-corrected chi connectivity index (χ3v) is 3.18. The summed E-state index contributed by atoms with van der Waals surface area (Å²) < 4.78 is 6.39. The van der Waals surface area contributed by atoms with E-state index in [2.05, 4.69) is 26.2 Å². The molecule has 0 saturated heterocycles. The Morgan fingerprint density at radius 1 is 1.47 bits per heavy atom. The van der Waals surface area contributed by atoms with Gasteiger partial charge in [-0.1, -0.05) is 34.5 Å². The van der Waals surface area contributed by atoms with Crippen molar-refractivity contribution >= 4 is 27.5 Å². The molecule has 0 aliphatic rings. The molecule has 0 radical (unpaired) electrons. The summed E-state index contributed by atoms with van der Waals surface area (Å²) in [6.07, 6.45) is 1.44. The molecule has 0 saturated carbocycles. The first-order chi connectivity index (χ1) is 8.22. The van der Waals surface area contributed by atoms with Gasteiger partial charge in [-0.25, -0.2) is 4.98 Å². The maximum Gasteiger partial charge on any atom is 0.181 e. The SMILES string of the molecule is CCNCc1ncoc1-c1cc(Br)ccc1Cl. The van der Waals surface area contributed by atoms with Crippen LogP contribution in [0.1, 0.15) is 12.6 Å². The fourth-order valence-electron chi connectivity index (χ4n) is 1.53. The predicted molar refractivity (Wildman–Crippen MR) is 72.0 cm³/mol. The second-order valence-electron chi connectivity index (χ2n) is 3.53. The van der Waals surface area contributed by atoms with Crippen molar-refractivity contribution in [2.45, 2.75) is 13.5 Å². The lowest BCUT2D eigenvalue weighted by molar-refractivity contribution is 0.570. The van der Waals surface area contributed by atoms with Crippen molar-refractivity contribution in [3.8, 4) is 11.3 Å². The van der Waals surface area contributed by atoms with Crippen molar-refractivity contribution in [2.24, 2.45) is 0 Å². The standard InChI is InChI=1S/C12H12BrClN2O/c1-2-15-6-11-12(17-7-16-11)9-5-8(13)3-4-10(9)14/h3-5,7,15H,2,6H2,1H3. The highest BCUT2D eigenvalue weighted by atomic mass is 79.9. The Bertz CT molecular complexity index is 513. The third-order valence-electron chi connectivity index (χ3n) is 2.36. The number of rotatable bonds is 4. The molecule has 5 heteroatoms. The van der Waals surface area contributed by atoms with Crippen LogP contribution in [0.25, 0.3) is 11.3 Å². The molecule has 1 aromatic carbocycles. The van der Waals surface area contributed by atoms with Crippen LogP contribution in [0.3, 0.4) is 0 Å². The molecule has 2 rings (SSSR count). The van der Waals surface area contributed by atoms with Crippen molar-refractivity contribution in [3.05, 3.63) is 39.8 Å². The Hall–Kier alpha value is -0.840. The van der Waals surface area contributed by atoms with E-state index >= 15 is 0 Å². The molecule has 0 spiro atoms. The first-order valence-electron chi connectivity index (χ1n) is 5.31. The largest absolute Gasteiger partial charge is 0.443 e. The van der Waals surface area contributed by atoms with Crippen LogP contribution in [-0.2, 0) is 6.54 Å². The van der Waals surface area contributed by atoms with Gasteiger partial charge in [0, 0.05) is 16.6 Å². The van der Waals surface area contributed by atoms with Crippen molar-refractivity contribution < 1.29 is 4.42 Å². The fourth-order valence-corrected chi connectivity index (χ4v) is 2.09. The number of hydrogen-bond donors (Lipinski definition) is 1. The Kier molecular flexibility index (Phi) is 4.20. The molecule has 0 fully saturated rings. The maximum atomic E-state index is 6.16. The number of nitrogens with zero attached hydrogens (tertiary/aromatic N) is 1. The Morgan fingerprint density at radius 2 is 2.29 bits per heavy atom. The van der Waals surface area contributed by atoms with Crippen molar-refractivity contribution in [2.75, 3.05) is 6.54 Å². The minimum atomic E-state index is 0.655. The molecule has 17 heavy (non-hydrogen) atoms. The zero-order valence-electron chi connectivity index (χ0n) is 9.34. The van der Waals surface area contributed by atoms with Gasteiger partial charge in [-0.05, 0) is 24.7 Å². The van der Waals surface area contributed by atoms with E-state index in [1.54, 1.807) is 0 Å². The third kappa shape index (κ3) is 2.89. The molecule has 1 aromatic heterocycles. The Morgan fingerprint density at radius 3 is 3.06 bits per heavy atom. The lowest BCUT2D eigenvalue weighted by atomic mass is 10.1. The van der Waals surface area contributed by atoms with E-state index in [0.29, 0.717) is 11.6 Å². The quantitative estimate of drug-likeness (QED) is 0.931. The Balaban J connectivity index is 2.38. The lowest BCUT2D eigenvalue weighted by Crippen LogP contribution is -2.12. The fraction of sp³-hybridized carbons (Fsp3) is 0.250. The van der Waals surface area contributed by atoms with Crippen molar-refractivity contribution in [1.29, 1.82) is 0 Å². The van der Waals surface area contributed by atoms with Gasteiger partial charge >= 0.3 is 0 Å². The van der Waals surface area contributed by atoms with Crippen LogP contribution in [0.15, 0.2) is 33.5 Å². The molecular weight excluding hydrogens is 304 g/mol. The van der Waals surface area contributed by atoms with Gasteiger partial charge in [0.15, 0.2) is 12.2 Å². The highest BCUT2D eigenvalue weighted by molar-refractivity contribution is 9.10. The smallest absolute Gasteiger partial charge is 0.181 e. The average Bonchev–Trinajstić information content (AvgIpc) is 2.77. The molecule has 0 aliphatic carbocycles. The summed E-state index contributed by atoms with van der Waals surface area (Å²) in [5.74, 6) is 0.720. The molecular formula is C12H12BrClN2O. The molecule has 0 aliphatic heterocycles. The van der Waals surface area contributed by atoms with Gasteiger partial charge in [0.05, 0.1) is 5.02 Å². The topological polar surface area (TPSA) is 38.1 Å². The maximum absolute atomic E-state index is 6.16. The first-order valence-corrected chi connectivity index (χ1v) is 6.48. The molecule has 3 nitrogen and oxygen atoms in total. The summed E-state index contributed by atoms with van der Waals surface area (Å²) in [5, 5.41) is 3.87. The van der Waals surface area contributed by atoms with Gasteiger partial charge in [-0.15, -0.1) is 0 Å². The number of aromatic nitrogens is 1. The summed E-state index contributed by atoms with van der Waals surface area (Å²) in [7, 11) is 0. The summed E-state index contributed by atoms with van der Waals surface area (Å²) >= 11 is 9.59. The second kappa shape index (κ2) is 5.67. The predicted octanol–water partition coefficient (Wildman–Crippen LogP) is 3.87. The number of halogens is 2. The van der Waals surface area contributed by atoms with Crippen molar-refractivity contribution in [1.82, 2.24) is 10.3 Å². The highest BCUT2D eigenvalue weighted by Gasteiger charge is 2.13. The zero-order valence-corrected chi connectivity index (χ0v) is 11.7. The average molecular weight is 316 g/mol. The van der Waals surface area contributed by atoms with Crippen LogP contribution >= 0.6 is 27.5 Å². The number of hydrogen-bond acceptors (Lipinski definition) is 3. The molecule has 1 heterocycles. The molecule has 0 amide bonds. The zero-order chi connectivity index (χ0) is 12.3. The van der Waals surface area contributed by atoms with Crippen LogP contribution in [0.2, 0.25) is 5.02 Å². The minimum absolute atomic E-state index is 0.655. The summed E-state index contributed by atoms with van der Waals surface area (Å²) in [4.78, 5) is 4.20. The van der Waals surface area contributed by atoms with Gasteiger partial charge < -0.3 is 9.73 Å². The van der Waals surface area contributed by atoms with Crippen LogP contribution in [-0.4, -0.2) is 11.5 Å². The van der Waals surface area contributed by atoms with Gasteiger partial charge in [0.2, 0.25) is 0 Å². The number of nitrogens with one attached hydrogen (secondary N) is 1. The van der Waals surface area contributed by atoms with E-state index < -0.39 is 0 Å². The summed E-state index contributed by atoms with van der Waals surface area (Å²) in [5.41, 5.74) is 1.72. The van der Waals surface area contributed by atoms with E-state index in [9.17, 15) is 0 Å². The highest BCUT2D eigenvalue weighted by Crippen LogP contribution is 2.32. The van der Waals surface area contributed by atoms with Gasteiger partial charge in [-0.3, -0.25) is 0 Å². The molecule has 90 valence electrons. The molecule has 1 N–H and O–H groups in total. The normalized spacial score (nSPS) is 10.8. The monoisotopic (exact) mass is 314 g/mol. The number of benzene rings is 1. The van der Waals surface area contributed by atoms with Gasteiger partial charge in [0.1, 0.15) is 5.69 Å². The first kappa shape index (κ1) is 12.6. The van der Waals surface area contributed by atoms with E-state index in [4.69, 9.17) is 16.0 Å². The van der Waals surface area contributed by atoms with Crippen LogP contribution in [0, 0.1) is 0 Å². The van der Waals surface area contributed by atoms with E-state index in [-0.39, 0.29) is 0 Å². The minimum Gasteiger partial charge on any atom is -0.443 e. The Labute approximate surface area is 113 Å². The molecule has 2 aromatic rings. The van der Waals surface area contributed by atoms with Crippen LogP contribution in [0.4, 0.5) is 0 Å². The van der Waals surface area contributed by atoms with Gasteiger partial charge in [-0.2, -0.15) is 0 Å². The molecule has 0 unspecified atom stereocenters. The van der Waals surface area contributed by atoms with E-state index in [1.165, 1.54) is 6.39 Å². The van der Waals surface area contributed by atoms with E-state index in [0.717, 1.165) is 28.0 Å². The van der Waals surface area contributed by atoms with Crippen molar-refractivity contribution in [3.63, 3.8) is 0 Å². The molecule has 0 bridgehead atoms. The van der Waals surface area contributed by atoms with E-state index in [1.807, 2.05) is 25.1 Å². The second-order valence-corrected chi connectivity index (χ2v) is 4.86.